The number of nitrogens with zero attached hydrogens (tertiary/aromatic N) is 3. The van der Waals surface area contributed by atoms with Gasteiger partial charge in [0.2, 0.25) is 0 Å². The van der Waals surface area contributed by atoms with Crippen LogP contribution in [0.2, 0.25) is 5.02 Å². The molecular weight excluding hydrogens is 402 g/mol. The van der Waals surface area contributed by atoms with Crippen molar-refractivity contribution in [3.8, 4) is 22.7 Å². The van der Waals surface area contributed by atoms with E-state index in [0.717, 1.165) is 17.0 Å². The third-order valence-corrected chi connectivity index (χ3v) is 4.98. The lowest BCUT2D eigenvalue weighted by atomic mass is 10.1. The molecule has 0 unspecified atom stereocenters. The zero-order valence-electron chi connectivity index (χ0n) is 16.8. The van der Waals surface area contributed by atoms with E-state index < -0.39 is 5.97 Å². The summed E-state index contributed by atoms with van der Waals surface area (Å²) in [7, 11) is 1.62. The molecule has 2 heterocycles. The summed E-state index contributed by atoms with van der Waals surface area (Å²) in [5, 5.41) is 5.88. The van der Waals surface area contributed by atoms with Gasteiger partial charge in [0.25, 0.3) is 0 Å². The number of hydrogen-bond acceptors (Lipinski definition) is 5. The largest absolute Gasteiger partial charge is 0.497 e. The average Bonchev–Trinajstić information content (AvgIpc) is 3.10. The van der Waals surface area contributed by atoms with E-state index >= 15 is 0 Å². The van der Waals surface area contributed by atoms with Gasteiger partial charge < -0.3 is 9.47 Å². The molecule has 4 aromatic rings. The summed E-state index contributed by atoms with van der Waals surface area (Å²) in [6, 6.07) is 16.6. The SMILES string of the molecule is CCOC(=O)c1cc(-c2ccc(OC)cc2)nc2c1c(C)nn2-c1cccc(Cl)c1. The first-order valence-corrected chi connectivity index (χ1v) is 9.87. The second-order valence-corrected chi connectivity index (χ2v) is 7.12. The van der Waals surface area contributed by atoms with Crippen molar-refractivity contribution in [2.24, 2.45) is 0 Å². The molecule has 4 rings (SSSR count). The summed E-state index contributed by atoms with van der Waals surface area (Å²) in [4.78, 5) is 17.6. The van der Waals surface area contributed by atoms with Crippen LogP contribution in [0, 0.1) is 6.92 Å². The lowest BCUT2D eigenvalue weighted by Crippen LogP contribution is -2.07. The van der Waals surface area contributed by atoms with Gasteiger partial charge in [-0.15, -0.1) is 0 Å². The second-order valence-electron chi connectivity index (χ2n) is 6.68. The summed E-state index contributed by atoms with van der Waals surface area (Å²) in [6.07, 6.45) is 0. The standard InChI is InChI=1S/C23H20ClN3O3/c1-4-30-23(28)19-13-20(15-8-10-18(29-3)11-9-15)25-22-21(19)14(2)26-27(22)17-7-5-6-16(24)12-17/h5-13H,4H2,1-3H3. The maximum Gasteiger partial charge on any atom is 0.339 e. The molecule has 2 aromatic carbocycles. The van der Waals surface area contributed by atoms with Gasteiger partial charge in [-0.05, 0) is 62.4 Å². The van der Waals surface area contributed by atoms with E-state index in [9.17, 15) is 4.79 Å². The van der Waals surface area contributed by atoms with Crippen molar-refractivity contribution in [3.05, 3.63) is 70.9 Å². The molecule has 0 amide bonds. The highest BCUT2D eigenvalue weighted by atomic mass is 35.5. The topological polar surface area (TPSA) is 66.2 Å². The van der Waals surface area contributed by atoms with Crippen molar-refractivity contribution in [1.82, 2.24) is 14.8 Å². The third kappa shape index (κ3) is 3.62. The van der Waals surface area contributed by atoms with E-state index in [0.29, 0.717) is 33.0 Å². The highest BCUT2D eigenvalue weighted by molar-refractivity contribution is 6.30. The predicted molar refractivity (Wildman–Crippen MR) is 117 cm³/mol. The van der Waals surface area contributed by atoms with Gasteiger partial charge >= 0.3 is 5.97 Å². The van der Waals surface area contributed by atoms with Crippen LogP contribution in [0.3, 0.4) is 0 Å². The smallest absolute Gasteiger partial charge is 0.339 e. The van der Waals surface area contributed by atoms with Gasteiger partial charge in [0.15, 0.2) is 5.65 Å². The Morgan fingerprint density at radius 2 is 1.90 bits per heavy atom. The van der Waals surface area contributed by atoms with E-state index in [-0.39, 0.29) is 6.61 Å². The second kappa shape index (κ2) is 8.16. The Kier molecular flexibility index (Phi) is 5.42. The van der Waals surface area contributed by atoms with Crippen molar-refractivity contribution in [3.63, 3.8) is 0 Å². The molecule has 0 fully saturated rings. The van der Waals surface area contributed by atoms with Crippen LogP contribution in [0.1, 0.15) is 23.0 Å². The molecule has 0 aliphatic carbocycles. The number of halogens is 1. The van der Waals surface area contributed by atoms with Crippen molar-refractivity contribution < 1.29 is 14.3 Å². The number of benzene rings is 2. The minimum absolute atomic E-state index is 0.280. The quantitative estimate of drug-likeness (QED) is 0.412. The lowest BCUT2D eigenvalue weighted by molar-refractivity contribution is 0.0528. The zero-order chi connectivity index (χ0) is 21.3. The zero-order valence-corrected chi connectivity index (χ0v) is 17.6. The number of carbonyl (C=O) groups excluding carboxylic acids is 1. The van der Waals surface area contributed by atoms with Gasteiger partial charge in [-0.25, -0.2) is 14.5 Å². The number of methoxy groups -OCH3 is 1. The molecule has 7 heteroatoms. The van der Waals surface area contributed by atoms with Crippen LogP contribution in [0.4, 0.5) is 0 Å². The number of pyridine rings is 1. The number of aryl methyl sites for hydroxylation is 1. The third-order valence-electron chi connectivity index (χ3n) is 4.75. The number of hydrogen-bond donors (Lipinski definition) is 0. The van der Waals surface area contributed by atoms with Gasteiger partial charge in [-0.3, -0.25) is 0 Å². The number of esters is 1. The van der Waals surface area contributed by atoms with Crippen LogP contribution in [0.15, 0.2) is 54.6 Å². The Labute approximate surface area is 179 Å². The fourth-order valence-corrected chi connectivity index (χ4v) is 3.54. The molecule has 30 heavy (non-hydrogen) atoms. The summed E-state index contributed by atoms with van der Waals surface area (Å²) in [6.45, 7) is 3.91. The molecule has 6 nitrogen and oxygen atoms in total. The van der Waals surface area contributed by atoms with E-state index in [1.54, 1.807) is 36.9 Å². The number of rotatable bonds is 5. The molecule has 0 aliphatic heterocycles. The number of aromatic nitrogens is 3. The van der Waals surface area contributed by atoms with Crippen LogP contribution in [-0.2, 0) is 4.74 Å². The van der Waals surface area contributed by atoms with Gasteiger partial charge in [0.05, 0.1) is 41.7 Å². The Balaban J connectivity index is 1.99. The first-order valence-electron chi connectivity index (χ1n) is 9.49. The van der Waals surface area contributed by atoms with Gasteiger partial charge in [-0.1, -0.05) is 17.7 Å². The van der Waals surface area contributed by atoms with Gasteiger partial charge in [-0.2, -0.15) is 5.10 Å². The molecule has 0 saturated carbocycles. The Hall–Kier alpha value is -3.38. The van der Waals surface area contributed by atoms with Gasteiger partial charge in [0, 0.05) is 10.6 Å². The first-order chi connectivity index (χ1) is 14.5. The fraction of sp³-hybridized carbons (Fsp3) is 0.174. The van der Waals surface area contributed by atoms with Crippen LogP contribution in [0.5, 0.6) is 5.75 Å². The summed E-state index contributed by atoms with van der Waals surface area (Å²) >= 11 is 6.18. The molecule has 0 bridgehead atoms. The molecule has 0 saturated heterocycles. The molecule has 0 N–H and O–H groups in total. The molecule has 0 atom stereocenters. The fourth-order valence-electron chi connectivity index (χ4n) is 3.36. The normalized spacial score (nSPS) is 10.9. The van der Waals surface area contributed by atoms with Crippen molar-refractivity contribution in [1.29, 1.82) is 0 Å². The van der Waals surface area contributed by atoms with Crippen LogP contribution < -0.4 is 4.74 Å². The van der Waals surface area contributed by atoms with Crippen LogP contribution in [0.25, 0.3) is 28.0 Å². The number of fused-ring (bicyclic) bond motifs is 1. The van der Waals surface area contributed by atoms with E-state index in [1.807, 2.05) is 43.3 Å². The minimum atomic E-state index is -0.409. The molecular formula is C23H20ClN3O3. The van der Waals surface area contributed by atoms with E-state index in [1.165, 1.54) is 0 Å². The van der Waals surface area contributed by atoms with Crippen LogP contribution in [-0.4, -0.2) is 34.5 Å². The van der Waals surface area contributed by atoms with Crippen molar-refractivity contribution in [2.75, 3.05) is 13.7 Å². The molecule has 152 valence electrons. The summed E-state index contributed by atoms with van der Waals surface area (Å²) in [5.41, 5.74) is 3.91. The Morgan fingerprint density at radius 3 is 2.57 bits per heavy atom. The highest BCUT2D eigenvalue weighted by Gasteiger charge is 2.21. The van der Waals surface area contributed by atoms with Crippen molar-refractivity contribution in [2.45, 2.75) is 13.8 Å². The monoisotopic (exact) mass is 421 g/mol. The van der Waals surface area contributed by atoms with Gasteiger partial charge in [0.1, 0.15) is 5.75 Å². The molecule has 0 aliphatic rings. The maximum atomic E-state index is 12.8. The summed E-state index contributed by atoms with van der Waals surface area (Å²) in [5.74, 6) is 0.332. The number of ether oxygens (including phenoxy) is 2. The number of carbonyl (C=O) groups is 1. The lowest BCUT2D eigenvalue weighted by Gasteiger charge is -2.09. The molecule has 0 radical (unpaired) electrons. The van der Waals surface area contributed by atoms with E-state index in [2.05, 4.69) is 5.10 Å². The minimum Gasteiger partial charge on any atom is -0.497 e. The molecule has 0 spiro atoms. The summed E-state index contributed by atoms with van der Waals surface area (Å²) < 4.78 is 12.2. The highest BCUT2D eigenvalue weighted by Crippen LogP contribution is 2.30. The Bertz CT molecular complexity index is 1230. The first kappa shape index (κ1) is 19.9. The average molecular weight is 422 g/mol. The maximum absolute atomic E-state index is 12.8. The van der Waals surface area contributed by atoms with Crippen LogP contribution >= 0.6 is 11.6 Å². The molecule has 2 aromatic heterocycles. The van der Waals surface area contributed by atoms with E-state index in [4.69, 9.17) is 26.1 Å². The predicted octanol–water partition coefficient (Wildman–Crippen LogP) is 5.23. The Morgan fingerprint density at radius 1 is 1.13 bits per heavy atom. The van der Waals surface area contributed by atoms with Crippen molar-refractivity contribution >= 4 is 28.6 Å².